The summed E-state index contributed by atoms with van der Waals surface area (Å²) in [5.74, 6) is 0.953. The zero-order valence-electron chi connectivity index (χ0n) is 8.03. The third kappa shape index (κ3) is 2.21. The zero-order valence-corrected chi connectivity index (χ0v) is 8.03. The largest absolute Gasteiger partial charge is 0.0596 e. The Kier molecular flexibility index (Phi) is 2.98. The Morgan fingerprint density at radius 3 is 2.18 bits per heavy atom. The van der Waals surface area contributed by atoms with Gasteiger partial charge in [0.05, 0.1) is 0 Å². The van der Waals surface area contributed by atoms with E-state index in [9.17, 15) is 0 Å². The molecule has 0 bridgehead atoms. The highest BCUT2D eigenvalue weighted by Crippen LogP contribution is 2.39. The molecule has 65 valence electrons. The minimum atomic E-state index is 0.500. The molecule has 0 N–H and O–H groups in total. The molecular weight excluding hydrogens is 132 g/mol. The first-order valence-corrected chi connectivity index (χ1v) is 4.96. The molecule has 0 spiro atoms. The van der Waals surface area contributed by atoms with Crippen molar-refractivity contribution < 1.29 is 0 Å². The van der Waals surface area contributed by atoms with Crippen molar-refractivity contribution in [3.05, 3.63) is 6.92 Å². The van der Waals surface area contributed by atoms with E-state index in [4.69, 9.17) is 0 Å². The third-order valence-electron chi connectivity index (χ3n) is 3.35. The molecule has 1 fully saturated rings. The highest BCUT2D eigenvalue weighted by Gasteiger charge is 2.28. The van der Waals surface area contributed by atoms with E-state index in [0.29, 0.717) is 5.41 Å². The third-order valence-corrected chi connectivity index (χ3v) is 3.35. The standard InChI is InChI=1S/C11H21/c1-4-11(2,3)10-8-6-5-7-9-10/h10H,1,4-9H2,2-3H3. The summed E-state index contributed by atoms with van der Waals surface area (Å²) < 4.78 is 0. The predicted octanol–water partition coefficient (Wildman–Crippen LogP) is 3.82. The fourth-order valence-electron chi connectivity index (χ4n) is 2.09. The van der Waals surface area contributed by atoms with Crippen LogP contribution in [0.25, 0.3) is 0 Å². The monoisotopic (exact) mass is 153 g/mol. The van der Waals surface area contributed by atoms with Gasteiger partial charge in [0.25, 0.3) is 0 Å². The molecule has 1 aliphatic carbocycles. The van der Waals surface area contributed by atoms with Crippen LogP contribution in [0.1, 0.15) is 52.4 Å². The molecule has 0 aromatic rings. The van der Waals surface area contributed by atoms with E-state index < -0.39 is 0 Å². The van der Waals surface area contributed by atoms with Crippen LogP contribution in [0.4, 0.5) is 0 Å². The van der Waals surface area contributed by atoms with Gasteiger partial charge in [-0.15, -0.1) is 0 Å². The van der Waals surface area contributed by atoms with Crippen LogP contribution in [0.15, 0.2) is 0 Å². The first kappa shape index (κ1) is 9.09. The molecule has 0 unspecified atom stereocenters. The molecule has 1 rings (SSSR count). The van der Waals surface area contributed by atoms with E-state index in [1.165, 1.54) is 32.1 Å². The lowest BCUT2D eigenvalue weighted by Crippen LogP contribution is -2.25. The Labute approximate surface area is 71.4 Å². The van der Waals surface area contributed by atoms with E-state index in [1.807, 2.05) is 0 Å². The second-order valence-electron chi connectivity index (χ2n) is 4.57. The molecule has 1 saturated carbocycles. The molecule has 0 heterocycles. The normalized spacial score (nSPS) is 22.1. The van der Waals surface area contributed by atoms with Crippen molar-refractivity contribution in [3.63, 3.8) is 0 Å². The van der Waals surface area contributed by atoms with E-state index in [2.05, 4.69) is 20.8 Å². The Bertz CT molecular complexity index is 107. The first-order valence-electron chi connectivity index (χ1n) is 4.96. The molecule has 0 aromatic carbocycles. The summed E-state index contributed by atoms with van der Waals surface area (Å²) in [5, 5.41) is 0. The Morgan fingerprint density at radius 1 is 1.18 bits per heavy atom. The van der Waals surface area contributed by atoms with Gasteiger partial charge in [0.2, 0.25) is 0 Å². The molecule has 11 heavy (non-hydrogen) atoms. The van der Waals surface area contributed by atoms with Gasteiger partial charge in [0, 0.05) is 0 Å². The maximum Gasteiger partial charge on any atom is -0.0326 e. The van der Waals surface area contributed by atoms with Crippen molar-refractivity contribution in [1.29, 1.82) is 0 Å². The summed E-state index contributed by atoms with van der Waals surface area (Å²) in [6, 6.07) is 0. The van der Waals surface area contributed by atoms with Crippen LogP contribution in [0, 0.1) is 18.3 Å². The predicted molar refractivity (Wildman–Crippen MR) is 50.3 cm³/mol. The number of rotatable bonds is 2. The van der Waals surface area contributed by atoms with E-state index in [-0.39, 0.29) is 0 Å². The summed E-state index contributed by atoms with van der Waals surface area (Å²) in [6.07, 6.45) is 8.36. The van der Waals surface area contributed by atoms with Gasteiger partial charge >= 0.3 is 0 Å². The maximum absolute atomic E-state index is 4.03. The second kappa shape index (κ2) is 3.60. The zero-order chi connectivity index (χ0) is 8.32. The van der Waals surface area contributed by atoms with Crippen LogP contribution in [0.5, 0.6) is 0 Å². The smallest absolute Gasteiger partial charge is 0.0326 e. The van der Waals surface area contributed by atoms with Gasteiger partial charge in [0.15, 0.2) is 0 Å². The quantitative estimate of drug-likeness (QED) is 0.566. The molecule has 0 amide bonds. The lowest BCUT2D eigenvalue weighted by Gasteiger charge is -2.36. The number of hydrogen-bond acceptors (Lipinski definition) is 0. The van der Waals surface area contributed by atoms with Crippen LogP contribution in [0.3, 0.4) is 0 Å². The summed E-state index contributed by atoms with van der Waals surface area (Å²) >= 11 is 0. The SMILES string of the molecule is [CH2]CC(C)(C)C1CCCCC1. The van der Waals surface area contributed by atoms with Gasteiger partial charge in [-0.05, 0) is 30.6 Å². The molecular formula is C11H21. The fourth-order valence-corrected chi connectivity index (χ4v) is 2.09. The van der Waals surface area contributed by atoms with Crippen LogP contribution in [0.2, 0.25) is 0 Å². The molecule has 0 aliphatic heterocycles. The molecule has 0 saturated heterocycles. The van der Waals surface area contributed by atoms with E-state index in [0.717, 1.165) is 12.3 Å². The lowest BCUT2D eigenvalue weighted by atomic mass is 9.70. The highest BCUT2D eigenvalue weighted by molar-refractivity contribution is 4.81. The Hall–Kier alpha value is 0. The summed E-state index contributed by atoms with van der Waals surface area (Å²) in [7, 11) is 0. The van der Waals surface area contributed by atoms with Gasteiger partial charge in [0.1, 0.15) is 0 Å². The van der Waals surface area contributed by atoms with Crippen LogP contribution in [-0.4, -0.2) is 0 Å². The molecule has 0 heteroatoms. The van der Waals surface area contributed by atoms with Gasteiger partial charge < -0.3 is 0 Å². The van der Waals surface area contributed by atoms with Crippen molar-refractivity contribution in [2.75, 3.05) is 0 Å². The van der Waals surface area contributed by atoms with Crippen molar-refractivity contribution in [3.8, 4) is 0 Å². The Morgan fingerprint density at radius 2 is 1.73 bits per heavy atom. The molecule has 0 nitrogen and oxygen atoms in total. The molecule has 0 atom stereocenters. The van der Waals surface area contributed by atoms with Crippen LogP contribution < -0.4 is 0 Å². The van der Waals surface area contributed by atoms with Gasteiger partial charge in [-0.1, -0.05) is 40.0 Å². The van der Waals surface area contributed by atoms with Gasteiger partial charge in [-0.3, -0.25) is 0 Å². The molecule has 1 radical (unpaired) electrons. The van der Waals surface area contributed by atoms with Crippen LogP contribution >= 0.6 is 0 Å². The molecule has 0 aromatic heterocycles. The summed E-state index contributed by atoms with van der Waals surface area (Å²) in [6.45, 7) is 8.77. The topological polar surface area (TPSA) is 0 Å². The first-order chi connectivity index (χ1) is 5.17. The maximum atomic E-state index is 4.03. The second-order valence-corrected chi connectivity index (χ2v) is 4.57. The highest BCUT2D eigenvalue weighted by atomic mass is 14.3. The minimum absolute atomic E-state index is 0.500. The lowest BCUT2D eigenvalue weighted by molar-refractivity contribution is 0.160. The van der Waals surface area contributed by atoms with Crippen molar-refractivity contribution in [2.24, 2.45) is 11.3 Å². The van der Waals surface area contributed by atoms with Gasteiger partial charge in [-0.2, -0.15) is 0 Å². The average Bonchev–Trinajstić information content (AvgIpc) is 2.06. The Balaban J connectivity index is 2.43. The molecule has 1 aliphatic rings. The van der Waals surface area contributed by atoms with Crippen LogP contribution in [-0.2, 0) is 0 Å². The summed E-state index contributed by atoms with van der Waals surface area (Å²) in [5.41, 5.74) is 0.500. The number of hydrogen-bond donors (Lipinski definition) is 0. The fraction of sp³-hybridized carbons (Fsp3) is 0.909. The van der Waals surface area contributed by atoms with E-state index in [1.54, 1.807) is 0 Å². The van der Waals surface area contributed by atoms with Gasteiger partial charge in [-0.25, -0.2) is 0 Å². The van der Waals surface area contributed by atoms with Crippen molar-refractivity contribution in [2.45, 2.75) is 52.4 Å². The summed E-state index contributed by atoms with van der Waals surface area (Å²) in [4.78, 5) is 0. The van der Waals surface area contributed by atoms with E-state index >= 15 is 0 Å². The van der Waals surface area contributed by atoms with Crippen molar-refractivity contribution in [1.82, 2.24) is 0 Å². The van der Waals surface area contributed by atoms with Crippen molar-refractivity contribution >= 4 is 0 Å². The minimum Gasteiger partial charge on any atom is -0.0596 e. The average molecular weight is 153 g/mol.